The summed E-state index contributed by atoms with van der Waals surface area (Å²) in [5.41, 5.74) is 1.75. The number of nitrogens with one attached hydrogen (secondary N) is 1. The monoisotopic (exact) mass is 447 g/mol. The van der Waals surface area contributed by atoms with E-state index in [1.165, 1.54) is 15.6 Å². The van der Waals surface area contributed by atoms with Gasteiger partial charge in [0.2, 0.25) is 21.8 Å². The summed E-state index contributed by atoms with van der Waals surface area (Å²) in [5.74, 6) is -0.497. The molecule has 2 aliphatic rings. The Labute approximate surface area is 180 Å². The van der Waals surface area contributed by atoms with Crippen molar-refractivity contribution in [2.75, 3.05) is 29.7 Å². The fraction of sp³-hybridized carbons (Fsp3) is 0.429. The third-order valence-electron chi connectivity index (χ3n) is 5.62. The van der Waals surface area contributed by atoms with E-state index in [0.29, 0.717) is 32.4 Å². The molecule has 0 bridgehead atoms. The van der Waals surface area contributed by atoms with Gasteiger partial charge >= 0.3 is 0 Å². The molecule has 1 aromatic carbocycles. The van der Waals surface area contributed by atoms with Crippen LogP contribution in [0.1, 0.15) is 23.3 Å². The number of hydrogen-bond donors (Lipinski definition) is 1. The topological polar surface area (TPSA) is 86.8 Å². The molecule has 1 unspecified atom stereocenters. The van der Waals surface area contributed by atoms with E-state index >= 15 is 0 Å². The second-order valence-corrected chi connectivity index (χ2v) is 10.6. The van der Waals surface area contributed by atoms with E-state index in [2.05, 4.69) is 5.32 Å². The van der Waals surface area contributed by atoms with Gasteiger partial charge in [-0.15, -0.1) is 11.3 Å². The predicted molar refractivity (Wildman–Crippen MR) is 117 cm³/mol. The van der Waals surface area contributed by atoms with Crippen molar-refractivity contribution in [2.45, 2.75) is 31.7 Å². The molecule has 1 fully saturated rings. The number of carbonyl (C=O) groups is 2. The smallest absolute Gasteiger partial charge is 0.242 e. The van der Waals surface area contributed by atoms with Crippen LogP contribution in [0.15, 0.2) is 41.8 Å². The van der Waals surface area contributed by atoms with Gasteiger partial charge in [-0.2, -0.15) is 0 Å². The highest BCUT2D eigenvalue weighted by Crippen LogP contribution is 2.29. The number of carbonyl (C=O) groups excluding carboxylic acids is 2. The first-order chi connectivity index (χ1) is 14.5. The van der Waals surface area contributed by atoms with Crippen LogP contribution >= 0.6 is 11.3 Å². The highest BCUT2D eigenvalue weighted by atomic mass is 32.2. The van der Waals surface area contributed by atoms with Crippen molar-refractivity contribution in [3.05, 3.63) is 52.2 Å². The van der Waals surface area contributed by atoms with Crippen molar-refractivity contribution in [1.82, 2.24) is 10.2 Å². The molecule has 3 heterocycles. The largest absolute Gasteiger partial charge is 0.353 e. The first-order valence-corrected chi connectivity index (χ1v) is 12.6. The van der Waals surface area contributed by atoms with Gasteiger partial charge in [0.05, 0.1) is 17.9 Å². The number of hydrogen-bond acceptors (Lipinski definition) is 5. The second-order valence-electron chi connectivity index (χ2n) is 7.56. The van der Waals surface area contributed by atoms with Crippen molar-refractivity contribution < 1.29 is 18.0 Å². The molecule has 2 amide bonds. The van der Waals surface area contributed by atoms with E-state index in [-0.39, 0.29) is 24.1 Å². The van der Waals surface area contributed by atoms with Crippen molar-refractivity contribution in [3.8, 4) is 0 Å². The summed E-state index contributed by atoms with van der Waals surface area (Å²) in [6.07, 6.45) is 2.38. The van der Waals surface area contributed by atoms with Crippen molar-refractivity contribution in [2.24, 2.45) is 0 Å². The number of anilines is 1. The number of rotatable bonds is 7. The minimum atomic E-state index is -3.52. The summed E-state index contributed by atoms with van der Waals surface area (Å²) < 4.78 is 27.0. The lowest BCUT2D eigenvalue weighted by molar-refractivity contribution is -0.137. The highest BCUT2D eigenvalue weighted by Gasteiger charge is 2.34. The average Bonchev–Trinajstić information content (AvgIpc) is 3.47. The zero-order valence-electron chi connectivity index (χ0n) is 16.6. The standard InChI is InChI=1S/C21H25N3O4S2/c25-20(15-17-6-4-13-29-17)23-11-3-8-19(23)21(26)22-10-14-30(27,28)24-12-9-16-5-1-2-7-18(16)24/h1-2,4-7,13,19H,3,8-12,14-15H2,(H,22,26). The summed E-state index contributed by atoms with van der Waals surface area (Å²) in [7, 11) is -3.52. The van der Waals surface area contributed by atoms with Gasteiger partial charge in [0.1, 0.15) is 6.04 Å². The van der Waals surface area contributed by atoms with Crippen LogP contribution in [0, 0.1) is 0 Å². The lowest BCUT2D eigenvalue weighted by Gasteiger charge is -2.24. The molecule has 4 rings (SSSR count). The van der Waals surface area contributed by atoms with E-state index in [0.717, 1.165) is 22.5 Å². The Bertz CT molecular complexity index is 1020. The molecular weight excluding hydrogens is 422 g/mol. The lowest BCUT2D eigenvalue weighted by Crippen LogP contribution is -2.47. The summed E-state index contributed by atoms with van der Waals surface area (Å²) in [6.45, 7) is 1.03. The summed E-state index contributed by atoms with van der Waals surface area (Å²) in [5, 5.41) is 4.66. The first kappa shape index (κ1) is 20.9. The van der Waals surface area contributed by atoms with Crippen LogP contribution in [0.4, 0.5) is 5.69 Å². The van der Waals surface area contributed by atoms with Crippen LogP contribution in [-0.4, -0.2) is 56.6 Å². The minimum Gasteiger partial charge on any atom is -0.353 e. The second kappa shape index (κ2) is 8.77. The Morgan fingerprint density at radius 3 is 2.77 bits per heavy atom. The molecule has 0 saturated carbocycles. The number of fused-ring (bicyclic) bond motifs is 1. The van der Waals surface area contributed by atoms with Gasteiger partial charge in [-0.25, -0.2) is 8.42 Å². The molecule has 7 nitrogen and oxygen atoms in total. The van der Waals surface area contributed by atoms with Gasteiger partial charge in [-0.1, -0.05) is 24.3 Å². The minimum absolute atomic E-state index is 0.0310. The average molecular weight is 448 g/mol. The Hall–Kier alpha value is -2.39. The number of nitrogens with zero attached hydrogens (tertiary/aromatic N) is 2. The number of amides is 2. The van der Waals surface area contributed by atoms with Gasteiger partial charge in [-0.05, 0) is 42.3 Å². The van der Waals surface area contributed by atoms with Gasteiger partial charge in [0.25, 0.3) is 0 Å². The molecule has 1 aromatic heterocycles. The normalized spacial score (nSPS) is 18.5. The Balaban J connectivity index is 1.31. The Morgan fingerprint density at radius 2 is 1.97 bits per heavy atom. The van der Waals surface area contributed by atoms with Crippen molar-refractivity contribution in [3.63, 3.8) is 0 Å². The molecule has 1 saturated heterocycles. The third-order valence-corrected chi connectivity index (χ3v) is 8.27. The molecule has 2 aromatic rings. The van der Waals surface area contributed by atoms with E-state index in [1.807, 2.05) is 41.8 Å². The molecule has 30 heavy (non-hydrogen) atoms. The Kier molecular flexibility index (Phi) is 6.10. The third kappa shape index (κ3) is 4.37. The quantitative estimate of drug-likeness (QED) is 0.701. The van der Waals surface area contributed by atoms with Crippen LogP contribution in [0.25, 0.3) is 0 Å². The lowest BCUT2D eigenvalue weighted by atomic mass is 10.2. The maximum absolute atomic E-state index is 12.8. The maximum atomic E-state index is 12.8. The fourth-order valence-electron chi connectivity index (χ4n) is 4.13. The summed E-state index contributed by atoms with van der Waals surface area (Å²) in [6, 6.07) is 10.8. The predicted octanol–water partition coefficient (Wildman–Crippen LogP) is 1.79. The van der Waals surface area contributed by atoms with E-state index in [4.69, 9.17) is 0 Å². The van der Waals surface area contributed by atoms with Crippen LogP contribution < -0.4 is 9.62 Å². The molecule has 0 aliphatic carbocycles. The number of benzene rings is 1. The molecule has 1 atom stereocenters. The van der Waals surface area contributed by atoms with E-state index < -0.39 is 16.1 Å². The van der Waals surface area contributed by atoms with E-state index in [9.17, 15) is 18.0 Å². The molecule has 2 aliphatic heterocycles. The van der Waals surface area contributed by atoms with Crippen LogP contribution in [0.2, 0.25) is 0 Å². The summed E-state index contributed by atoms with van der Waals surface area (Å²) in [4.78, 5) is 27.9. The molecule has 0 radical (unpaired) electrons. The Morgan fingerprint density at radius 1 is 1.13 bits per heavy atom. The van der Waals surface area contributed by atoms with Crippen LogP contribution in [0.3, 0.4) is 0 Å². The number of thiophene rings is 1. The van der Waals surface area contributed by atoms with Gasteiger partial charge < -0.3 is 10.2 Å². The van der Waals surface area contributed by atoms with Crippen LogP contribution in [-0.2, 0) is 32.5 Å². The highest BCUT2D eigenvalue weighted by molar-refractivity contribution is 7.92. The van der Waals surface area contributed by atoms with E-state index in [1.54, 1.807) is 4.90 Å². The van der Waals surface area contributed by atoms with Gasteiger partial charge in [-0.3, -0.25) is 13.9 Å². The number of sulfonamides is 1. The zero-order chi connectivity index (χ0) is 21.1. The number of para-hydroxylation sites is 1. The fourth-order valence-corrected chi connectivity index (χ4v) is 6.25. The first-order valence-electron chi connectivity index (χ1n) is 10.1. The number of likely N-dealkylation sites (tertiary alicyclic amines) is 1. The summed E-state index contributed by atoms with van der Waals surface area (Å²) >= 11 is 1.52. The van der Waals surface area contributed by atoms with Crippen molar-refractivity contribution >= 4 is 38.9 Å². The van der Waals surface area contributed by atoms with Crippen LogP contribution in [0.5, 0.6) is 0 Å². The molecule has 1 N–H and O–H groups in total. The van der Waals surface area contributed by atoms with Gasteiger partial charge in [0.15, 0.2) is 0 Å². The molecular formula is C21H25N3O4S2. The molecule has 9 heteroatoms. The van der Waals surface area contributed by atoms with Gasteiger partial charge in [0, 0.05) is 24.5 Å². The molecule has 0 spiro atoms. The zero-order valence-corrected chi connectivity index (χ0v) is 18.3. The van der Waals surface area contributed by atoms with Crippen molar-refractivity contribution in [1.29, 1.82) is 0 Å². The SMILES string of the molecule is O=C(NCCS(=O)(=O)N1CCc2ccccc21)C1CCCN1C(=O)Cc1cccs1. The molecule has 160 valence electrons. The maximum Gasteiger partial charge on any atom is 0.242 e.